The maximum absolute atomic E-state index is 12.7. The molecule has 0 radical (unpaired) electrons. The summed E-state index contributed by atoms with van der Waals surface area (Å²) in [5.41, 5.74) is 1.35. The number of carbonyl (C=O) groups excluding carboxylic acids is 1. The molecule has 1 aliphatic rings. The number of urea groups is 1. The van der Waals surface area contributed by atoms with Crippen molar-refractivity contribution >= 4 is 29.1 Å². The smallest absolute Gasteiger partial charge is 0.322 e. The van der Waals surface area contributed by atoms with Gasteiger partial charge in [0.05, 0.1) is 12.8 Å². The molecule has 2 amide bonds. The molecule has 0 atom stereocenters. The standard InChI is InChI=1S/C22H25ClN6O3/c1-14(2)21-26-20(27-32-21)15-4-7-19(24-13-15)28-8-10-29(11-9-28)22(30)25-17-12-16(23)5-6-18(17)31-3/h4-7,12-14H,8-11H2,1-3H3,(H,25,30). The molecule has 4 rings (SSSR count). The number of benzene rings is 1. The Balaban J connectivity index is 1.35. The van der Waals surface area contributed by atoms with E-state index in [0.29, 0.717) is 54.4 Å². The zero-order valence-corrected chi connectivity index (χ0v) is 19.0. The first-order valence-electron chi connectivity index (χ1n) is 10.4. The number of anilines is 2. The molecular formula is C22H25ClN6O3. The van der Waals surface area contributed by atoms with Crippen molar-refractivity contribution in [3.05, 3.63) is 47.4 Å². The summed E-state index contributed by atoms with van der Waals surface area (Å²) in [5, 5.41) is 7.44. The lowest BCUT2D eigenvalue weighted by Crippen LogP contribution is -2.50. The summed E-state index contributed by atoms with van der Waals surface area (Å²) in [7, 11) is 1.55. The Bertz CT molecular complexity index is 1080. The molecule has 1 N–H and O–H groups in total. The molecule has 1 aromatic carbocycles. The lowest BCUT2D eigenvalue weighted by atomic mass is 10.2. The number of amides is 2. The highest BCUT2D eigenvalue weighted by Crippen LogP contribution is 2.28. The van der Waals surface area contributed by atoms with E-state index in [0.717, 1.165) is 11.4 Å². The summed E-state index contributed by atoms with van der Waals surface area (Å²) in [6, 6.07) is 8.80. The van der Waals surface area contributed by atoms with E-state index in [-0.39, 0.29) is 11.9 Å². The van der Waals surface area contributed by atoms with Crippen LogP contribution < -0.4 is 15.0 Å². The number of piperazine rings is 1. The number of aromatic nitrogens is 3. The fourth-order valence-corrected chi connectivity index (χ4v) is 3.58. The molecule has 2 aromatic heterocycles. The van der Waals surface area contributed by atoms with Crippen LogP contribution in [0.1, 0.15) is 25.7 Å². The minimum absolute atomic E-state index is 0.178. The van der Waals surface area contributed by atoms with E-state index in [1.54, 1.807) is 36.4 Å². The average molecular weight is 457 g/mol. The Hall–Kier alpha value is -3.33. The van der Waals surface area contributed by atoms with Gasteiger partial charge in [-0.3, -0.25) is 0 Å². The first-order chi connectivity index (χ1) is 15.4. The van der Waals surface area contributed by atoms with E-state index in [1.165, 1.54) is 0 Å². The lowest BCUT2D eigenvalue weighted by Gasteiger charge is -2.35. The number of nitrogens with zero attached hydrogens (tertiary/aromatic N) is 5. The van der Waals surface area contributed by atoms with Crippen LogP contribution in [0.3, 0.4) is 0 Å². The monoisotopic (exact) mass is 456 g/mol. The minimum Gasteiger partial charge on any atom is -0.495 e. The number of carbonyl (C=O) groups is 1. The van der Waals surface area contributed by atoms with Crippen LogP contribution in [-0.2, 0) is 0 Å². The molecule has 0 spiro atoms. The fraction of sp³-hybridized carbons (Fsp3) is 0.364. The summed E-state index contributed by atoms with van der Waals surface area (Å²) >= 11 is 6.05. The summed E-state index contributed by atoms with van der Waals surface area (Å²) in [5.74, 6) is 2.72. The van der Waals surface area contributed by atoms with E-state index in [9.17, 15) is 4.79 Å². The third kappa shape index (κ3) is 4.77. The van der Waals surface area contributed by atoms with Gasteiger partial charge >= 0.3 is 6.03 Å². The summed E-state index contributed by atoms with van der Waals surface area (Å²) in [6.07, 6.45) is 1.74. The Labute approximate surface area is 191 Å². The van der Waals surface area contributed by atoms with Crippen LogP contribution in [0.2, 0.25) is 5.02 Å². The molecule has 0 bridgehead atoms. The fourth-order valence-electron chi connectivity index (χ4n) is 3.40. The molecule has 10 heteroatoms. The van der Waals surface area contributed by atoms with Gasteiger partial charge in [-0.15, -0.1) is 0 Å². The predicted octanol–water partition coefficient (Wildman–Crippen LogP) is 4.27. The number of rotatable bonds is 5. The van der Waals surface area contributed by atoms with Gasteiger partial charge in [-0.2, -0.15) is 4.98 Å². The molecule has 32 heavy (non-hydrogen) atoms. The number of nitrogens with one attached hydrogen (secondary N) is 1. The molecule has 1 aliphatic heterocycles. The van der Waals surface area contributed by atoms with Crippen LogP contribution in [0.15, 0.2) is 41.1 Å². The van der Waals surface area contributed by atoms with Crippen molar-refractivity contribution in [2.75, 3.05) is 43.5 Å². The number of methoxy groups -OCH3 is 1. The van der Waals surface area contributed by atoms with Gasteiger partial charge < -0.3 is 24.4 Å². The first-order valence-corrected chi connectivity index (χ1v) is 10.8. The van der Waals surface area contributed by atoms with Gasteiger partial charge in [-0.1, -0.05) is 30.6 Å². The minimum atomic E-state index is -0.188. The Morgan fingerprint density at radius 3 is 2.59 bits per heavy atom. The molecule has 1 saturated heterocycles. The second-order valence-corrected chi connectivity index (χ2v) is 8.20. The Morgan fingerprint density at radius 1 is 1.19 bits per heavy atom. The van der Waals surface area contributed by atoms with Crippen molar-refractivity contribution in [1.29, 1.82) is 0 Å². The number of halogens is 1. The van der Waals surface area contributed by atoms with Crippen LogP contribution in [-0.4, -0.2) is 59.3 Å². The summed E-state index contributed by atoms with van der Waals surface area (Å²) in [4.78, 5) is 25.6. The highest BCUT2D eigenvalue weighted by Gasteiger charge is 2.23. The maximum Gasteiger partial charge on any atom is 0.322 e. The molecule has 3 aromatic rings. The van der Waals surface area contributed by atoms with Gasteiger partial charge in [0.2, 0.25) is 11.7 Å². The van der Waals surface area contributed by atoms with E-state index in [4.69, 9.17) is 20.9 Å². The van der Waals surface area contributed by atoms with Crippen LogP contribution in [0.5, 0.6) is 5.75 Å². The third-order valence-electron chi connectivity index (χ3n) is 5.24. The number of ether oxygens (including phenoxy) is 1. The maximum atomic E-state index is 12.7. The number of hydrogen-bond donors (Lipinski definition) is 1. The quantitative estimate of drug-likeness (QED) is 0.612. The van der Waals surface area contributed by atoms with Crippen molar-refractivity contribution in [1.82, 2.24) is 20.0 Å². The van der Waals surface area contributed by atoms with Crippen LogP contribution >= 0.6 is 11.6 Å². The molecule has 0 saturated carbocycles. The van der Waals surface area contributed by atoms with Gasteiger partial charge in [-0.05, 0) is 30.3 Å². The van der Waals surface area contributed by atoms with E-state index >= 15 is 0 Å². The van der Waals surface area contributed by atoms with Crippen molar-refractivity contribution in [3.63, 3.8) is 0 Å². The van der Waals surface area contributed by atoms with Gasteiger partial charge in [0.25, 0.3) is 0 Å². The lowest BCUT2D eigenvalue weighted by molar-refractivity contribution is 0.208. The predicted molar refractivity (Wildman–Crippen MR) is 122 cm³/mol. The highest BCUT2D eigenvalue weighted by molar-refractivity contribution is 6.31. The third-order valence-corrected chi connectivity index (χ3v) is 5.47. The average Bonchev–Trinajstić information content (AvgIpc) is 3.30. The summed E-state index contributed by atoms with van der Waals surface area (Å²) in [6.45, 7) is 6.49. The number of pyridine rings is 1. The van der Waals surface area contributed by atoms with Gasteiger partial charge in [-0.25, -0.2) is 9.78 Å². The topological polar surface area (TPSA) is 96.6 Å². The van der Waals surface area contributed by atoms with Crippen molar-refractivity contribution in [2.24, 2.45) is 0 Å². The highest BCUT2D eigenvalue weighted by atomic mass is 35.5. The van der Waals surface area contributed by atoms with E-state index < -0.39 is 0 Å². The van der Waals surface area contributed by atoms with Crippen LogP contribution in [0.25, 0.3) is 11.4 Å². The van der Waals surface area contributed by atoms with Crippen LogP contribution in [0.4, 0.5) is 16.3 Å². The molecular weight excluding hydrogens is 432 g/mol. The Kier molecular flexibility index (Phi) is 6.45. The van der Waals surface area contributed by atoms with Gasteiger partial charge in [0.15, 0.2) is 0 Å². The zero-order valence-electron chi connectivity index (χ0n) is 18.2. The van der Waals surface area contributed by atoms with Crippen LogP contribution in [0, 0.1) is 0 Å². The van der Waals surface area contributed by atoms with Crippen molar-refractivity contribution in [3.8, 4) is 17.1 Å². The van der Waals surface area contributed by atoms with Crippen molar-refractivity contribution in [2.45, 2.75) is 19.8 Å². The van der Waals surface area contributed by atoms with Gasteiger partial charge in [0, 0.05) is 48.9 Å². The molecule has 3 heterocycles. The zero-order chi connectivity index (χ0) is 22.7. The summed E-state index contributed by atoms with van der Waals surface area (Å²) < 4.78 is 10.6. The molecule has 1 fully saturated rings. The Morgan fingerprint density at radius 2 is 1.97 bits per heavy atom. The van der Waals surface area contributed by atoms with E-state index in [2.05, 4.69) is 25.3 Å². The SMILES string of the molecule is COc1ccc(Cl)cc1NC(=O)N1CCN(c2ccc(-c3noc(C(C)C)n3)cn2)CC1. The second-order valence-electron chi connectivity index (χ2n) is 7.76. The van der Waals surface area contributed by atoms with Crippen molar-refractivity contribution < 1.29 is 14.1 Å². The van der Waals surface area contributed by atoms with Gasteiger partial charge in [0.1, 0.15) is 11.6 Å². The second kappa shape index (κ2) is 9.44. The largest absolute Gasteiger partial charge is 0.495 e. The number of hydrogen-bond acceptors (Lipinski definition) is 7. The molecule has 0 unspecified atom stereocenters. The molecule has 9 nitrogen and oxygen atoms in total. The molecule has 168 valence electrons. The normalized spacial score (nSPS) is 14.0. The first kappa shape index (κ1) is 21.9. The van der Waals surface area contributed by atoms with E-state index in [1.807, 2.05) is 26.0 Å². The molecule has 0 aliphatic carbocycles.